The van der Waals surface area contributed by atoms with Crippen LogP contribution in [0.25, 0.3) is 11.4 Å². The Morgan fingerprint density at radius 3 is 2.70 bits per heavy atom. The first kappa shape index (κ1) is 12.9. The van der Waals surface area contributed by atoms with Crippen LogP contribution in [0.1, 0.15) is 12.5 Å². The predicted octanol–water partition coefficient (Wildman–Crippen LogP) is 1.89. The van der Waals surface area contributed by atoms with Crippen LogP contribution in [0.15, 0.2) is 41.6 Å². The lowest BCUT2D eigenvalue weighted by molar-refractivity contribution is 0.552. The van der Waals surface area contributed by atoms with Crippen LogP contribution >= 0.6 is 12.6 Å². The molecule has 0 N–H and O–H groups in total. The maximum atomic E-state index is 4.53. The average molecular weight is 286 g/mol. The molecule has 0 spiro atoms. The van der Waals surface area contributed by atoms with E-state index in [4.69, 9.17) is 0 Å². The molecular formula is C13H14N6S. The highest BCUT2D eigenvalue weighted by Crippen LogP contribution is 2.23. The maximum absolute atomic E-state index is 4.53. The summed E-state index contributed by atoms with van der Waals surface area (Å²) in [6, 6.07) is 10.1. The first-order valence-corrected chi connectivity index (χ1v) is 6.79. The van der Waals surface area contributed by atoms with Crippen LogP contribution in [0.3, 0.4) is 0 Å². The minimum absolute atomic E-state index is 0.552. The number of tetrazole rings is 1. The first-order valence-electron chi connectivity index (χ1n) is 6.35. The first-order chi connectivity index (χ1) is 9.78. The van der Waals surface area contributed by atoms with Crippen molar-refractivity contribution in [2.45, 2.75) is 25.0 Å². The molecule has 0 fully saturated rings. The van der Waals surface area contributed by atoms with Crippen LogP contribution in [-0.2, 0) is 13.1 Å². The van der Waals surface area contributed by atoms with Gasteiger partial charge in [0.15, 0.2) is 0 Å². The molecule has 0 amide bonds. The molecule has 0 atom stereocenters. The van der Waals surface area contributed by atoms with E-state index in [1.54, 1.807) is 6.20 Å². The molecule has 2 heterocycles. The summed E-state index contributed by atoms with van der Waals surface area (Å²) >= 11 is 4.53. The number of thiol groups is 1. The highest BCUT2D eigenvalue weighted by molar-refractivity contribution is 7.80. The summed E-state index contributed by atoms with van der Waals surface area (Å²) in [5.74, 6) is 0.552. The third-order valence-electron chi connectivity index (χ3n) is 2.96. The summed E-state index contributed by atoms with van der Waals surface area (Å²) in [4.78, 5) is 1.54. The Morgan fingerprint density at radius 2 is 2.00 bits per heavy atom. The Hall–Kier alpha value is -2.15. The summed E-state index contributed by atoms with van der Waals surface area (Å²) in [6.45, 7) is 3.32. The lowest BCUT2D eigenvalue weighted by atomic mass is 10.2. The molecule has 0 unspecified atom stereocenters. The zero-order valence-electron chi connectivity index (χ0n) is 11.0. The number of aryl methyl sites for hydroxylation is 1. The Morgan fingerprint density at radius 1 is 1.20 bits per heavy atom. The Bertz CT molecular complexity index is 703. The second-order valence-electron chi connectivity index (χ2n) is 4.33. The van der Waals surface area contributed by atoms with E-state index in [0.717, 1.165) is 10.6 Å². The van der Waals surface area contributed by atoms with Crippen molar-refractivity contribution in [2.75, 3.05) is 0 Å². The zero-order valence-corrected chi connectivity index (χ0v) is 11.9. The van der Waals surface area contributed by atoms with Gasteiger partial charge in [-0.3, -0.25) is 4.68 Å². The number of aromatic nitrogens is 6. The van der Waals surface area contributed by atoms with Gasteiger partial charge in [-0.05, 0) is 17.7 Å². The maximum Gasteiger partial charge on any atom is 0.209 e. The minimum atomic E-state index is 0.552. The molecule has 3 rings (SSSR count). The van der Waals surface area contributed by atoms with E-state index in [1.807, 2.05) is 29.8 Å². The zero-order chi connectivity index (χ0) is 13.9. The van der Waals surface area contributed by atoms with Crippen LogP contribution in [0, 0.1) is 0 Å². The topological polar surface area (TPSA) is 61.4 Å². The molecule has 7 heteroatoms. The standard InChI is InChI=1S/C13H14N6S/c1-2-19-16-12(15-17-19)11-8-14-18(13(11)20)9-10-6-4-3-5-7-10/h3-8,20H,2,9H2,1H3. The summed E-state index contributed by atoms with van der Waals surface area (Å²) in [5.41, 5.74) is 1.96. The summed E-state index contributed by atoms with van der Waals surface area (Å²) < 4.78 is 1.82. The van der Waals surface area contributed by atoms with Gasteiger partial charge in [0.05, 0.1) is 24.8 Å². The summed E-state index contributed by atoms with van der Waals surface area (Å²) in [5, 5.41) is 17.3. The van der Waals surface area contributed by atoms with Crippen molar-refractivity contribution in [1.29, 1.82) is 0 Å². The van der Waals surface area contributed by atoms with Crippen LogP contribution in [-0.4, -0.2) is 30.0 Å². The second-order valence-corrected chi connectivity index (χ2v) is 4.75. The number of rotatable bonds is 4. The van der Waals surface area contributed by atoms with Gasteiger partial charge in [0.25, 0.3) is 0 Å². The average Bonchev–Trinajstić information content (AvgIpc) is 3.08. The minimum Gasteiger partial charge on any atom is -0.254 e. The van der Waals surface area contributed by atoms with Gasteiger partial charge >= 0.3 is 0 Å². The molecule has 20 heavy (non-hydrogen) atoms. The van der Waals surface area contributed by atoms with Crippen LogP contribution in [0.5, 0.6) is 0 Å². The quantitative estimate of drug-likeness (QED) is 0.744. The van der Waals surface area contributed by atoms with Gasteiger partial charge in [0.2, 0.25) is 5.82 Å². The van der Waals surface area contributed by atoms with Crippen molar-refractivity contribution in [3.05, 3.63) is 42.1 Å². The normalized spacial score (nSPS) is 10.9. The molecule has 0 aliphatic carbocycles. The van der Waals surface area contributed by atoms with E-state index in [0.29, 0.717) is 18.9 Å². The molecule has 0 saturated carbocycles. The molecule has 0 aliphatic rings. The van der Waals surface area contributed by atoms with E-state index in [9.17, 15) is 0 Å². The van der Waals surface area contributed by atoms with Crippen molar-refractivity contribution in [3.8, 4) is 11.4 Å². The lowest BCUT2D eigenvalue weighted by Gasteiger charge is -2.03. The van der Waals surface area contributed by atoms with Gasteiger partial charge in [-0.25, -0.2) is 0 Å². The Balaban J connectivity index is 1.88. The monoisotopic (exact) mass is 286 g/mol. The van der Waals surface area contributed by atoms with Gasteiger partial charge in [-0.2, -0.15) is 9.90 Å². The molecule has 1 aromatic carbocycles. The molecule has 102 valence electrons. The van der Waals surface area contributed by atoms with Gasteiger partial charge in [0.1, 0.15) is 5.03 Å². The van der Waals surface area contributed by atoms with E-state index in [1.165, 1.54) is 10.4 Å². The van der Waals surface area contributed by atoms with Crippen molar-refractivity contribution in [1.82, 2.24) is 30.0 Å². The summed E-state index contributed by atoms with van der Waals surface area (Å²) in [7, 11) is 0. The predicted molar refractivity (Wildman–Crippen MR) is 77.5 cm³/mol. The van der Waals surface area contributed by atoms with Crippen LogP contribution in [0.4, 0.5) is 0 Å². The fourth-order valence-electron chi connectivity index (χ4n) is 1.89. The molecule has 0 saturated heterocycles. The molecular weight excluding hydrogens is 272 g/mol. The largest absolute Gasteiger partial charge is 0.254 e. The van der Waals surface area contributed by atoms with Crippen molar-refractivity contribution in [2.24, 2.45) is 0 Å². The number of nitrogens with zero attached hydrogens (tertiary/aromatic N) is 6. The number of hydrogen-bond acceptors (Lipinski definition) is 5. The van der Waals surface area contributed by atoms with Crippen molar-refractivity contribution < 1.29 is 0 Å². The molecule has 3 aromatic rings. The van der Waals surface area contributed by atoms with Crippen LogP contribution in [0.2, 0.25) is 0 Å². The van der Waals surface area contributed by atoms with E-state index in [-0.39, 0.29) is 0 Å². The van der Waals surface area contributed by atoms with Gasteiger partial charge < -0.3 is 0 Å². The SMILES string of the molecule is CCn1nnc(-c2cnn(Cc3ccccc3)c2S)n1. The van der Waals surface area contributed by atoms with E-state index in [2.05, 4.69) is 45.3 Å². The molecule has 0 bridgehead atoms. The van der Waals surface area contributed by atoms with Crippen molar-refractivity contribution in [3.63, 3.8) is 0 Å². The highest BCUT2D eigenvalue weighted by atomic mass is 32.1. The highest BCUT2D eigenvalue weighted by Gasteiger charge is 2.14. The molecule has 6 nitrogen and oxygen atoms in total. The van der Waals surface area contributed by atoms with Gasteiger partial charge in [-0.1, -0.05) is 30.3 Å². The number of benzene rings is 1. The fourth-order valence-corrected chi connectivity index (χ4v) is 2.17. The third kappa shape index (κ3) is 2.44. The Labute approximate surface area is 121 Å². The molecule has 0 radical (unpaired) electrons. The second kappa shape index (κ2) is 5.46. The Kier molecular flexibility index (Phi) is 3.51. The molecule has 0 aliphatic heterocycles. The van der Waals surface area contributed by atoms with E-state index >= 15 is 0 Å². The third-order valence-corrected chi connectivity index (χ3v) is 3.44. The van der Waals surface area contributed by atoms with Crippen LogP contribution < -0.4 is 0 Å². The van der Waals surface area contributed by atoms with E-state index < -0.39 is 0 Å². The van der Waals surface area contributed by atoms with Gasteiger partial charge in [0, 0.05) is 0 Å². The number of hydrogen-bond donors (Lipinski definition) is 1. The smallest absolute Gasteiger partial charge is 0.209 e. The lowest BCUT2D eigenvalue weighted by Crippen LogP contribution is -2.02. The molecule has 2 aromatic heterocycles. The summed E-state index contributed by atoms with van der Waals surface area (Å²) in [6.07, 6.45) is 1.72. The van der Waals surface area contributed by atoms with Gasteiger partial charge in [-0.15, -0.1) is 22.8 Å². The fraction of sp³-hybridized carbons (Fsp3) is 0.231. The van der Waals surface area contributed by atoms with Crippen molar-refractivity contribution >= 4 is 12.6 Å².